The summed E-state index contributed by atoms with van der Waals surface area (Å²) in [5.41, 5.74) is 3.04. The molecule has 1 amide bonds. The van der Waals surface area contributed by atoms with Gasteiger partial charge in [0.2, 0.25) is 0 Å². The van der Waals surface area contributed by atoms with E-state index >= 15 is 0 Å². The molecule has 7 nitrogen and oxygen atoms in total. The molecule has 27 heavy (non-hydrogen) atoms. The Morgan fingerprint density at radius 3 is 2.22 bits per heavy atom. The van der Waals surface area contributed by atoms with Gasteiger partial charge in [0.15, 0.2) is 11.5 Å². The molecule has 1 N–H and O–H groups in total. The first kappa shape index (κ1) is 20.0. The van der Waals surface area contributed by atoms with Crippen molar-refractivity contribution >= 4 is 12.1 Å². The maximum atomic E-state index is 12.4. The molecule has 0 heterocycles. The molecular weight excluding hydrogens is 362 g/mol. The second-order valence-corrected chi connectivity index (χ2v) is 5.09. The predicted molar refractivity (Wildman–Crippen MR) is 94.2 cm³/mol. The van der Waals surface area contributed by atoms with E-state index in [2.05, 4.69) is 15.3 Å². The van der Waals surface area contributed by atoms with Crippen molar-refractivity contribution in [3.05, 3.63) is 47.5 Å². The van der Waals surface area contributed by atoms with Crippen LogP contribution in [0.3, 0.4) is 0 Å². The number of amides is 1. The third kappa shape index (κ3) is 5.56. The Morgan fingerprint density at radius 2 is 1.67 bits per heavy atom. The normalized spacial score (nSPS) is 10.7. The molecule has 0 radical (unpaired) electrons. The molecule has 2 rings (SSSR count). The van der Waals surface area contributed by atoms with Crippen LogP contribution in [-0.2, 0) is 0 Å². The van der Waals surface area contributed by atoms with Crippen molar-refractivity contribution < 1.29 is 32.5 Å². The first-order chi connectivity index (χ1) is 13.0. The number of nitrogens with zero attached hydrogens (tertiary/aromatic N) is 1. The van der Waals surface area contributed by atoms with Crippen LogP contribution < -0.4 is 24.4 Å². The van der Waals surface area contributed by atoms with Gasteiger partial charge >= 0.3 is 6.61 Å². The molecule has 0 aliphatic heterocycles. The lowest BCUT2D eigenvalue weighted by Crippen LogP contribution is -2.17. The number of hydrazone groups is 1. The first-order valence-corrected chi connectivity index (χ1v) is 7.66. The number of carbonyl (C=O) groups is 1. The molecular formula is C18H18F2N2O5. The Labute approximate surface area is 154 Å². The van der Waals surface area contributed by atoms with Crippen molar-refractivity contribution in [2.45, 2.75) is 6.61 Å². The van der Waals surface area contributed by atoms with E-state index in [1.807, 2.05) is 0 Å². The lowest BCUT2D eigenvalue weighted by Gasteiger charge is -2.10. The molecule has 0 saturated carbocycles. The molecule has 0 unspecified atom stereocenters. The van der Waals surface area contributed by atoms with E-state index in [1.165, 1.54) is 51.8 Å². The Kier molecular flexibility index (Phi) is 6.93. The standard InChI is InChI=1S/C18H18F2N2O5/c1-24-13-7-12(8-14(9-13)25-2)17(23)22-21-10-11-4-5-15(26-3)16(6-11)27-18(19)20/h4-10,18H,1-3H3,(H,22,23)/b21-10-. The summed E-state index contributed by atoms with van der Waals surface area (Å²) >= 11 is 0. The van der Waals surface area contributed by atoms with Crippen LogP contribution in [0.15, 0.2) is 41.5 Å². The predicted octanol–water partition coefficient (Wildman–Crippen LogP) is 3.08. The largest absolute Gasteiger partial charge is 0.497 e. The van der Waals surface area contributed by atoms with Crippen LogP contribution in [0.5, 0.6) is 23.0 Å². The molecule has 0 saturated heterocycles. The van der Waals surface area contributed by atoms with Crippen molar-refractivity contribution in [1.29, 1.82) is 0 Å². The number of methoxy groups -OCH3 is 3. The molecule has 0 spiro atoms. The van der Waals surface area contributed by atoms with E-state index in [4.69, 9.17) is 14.2 Å². The molecule has 0 aliphatic carbocycles. The Morgan fingerprint density at radius 1 is 1.00 bits per heavy atom. The second-order valence-electron chi connectivity index (χ2n) is 5.09. The van der Waals surface area contributed by atoms with E-state index in [0.29, 0.717) is 17.1 Å². The van der Waals surface area contributed by atoms with Gasteiger partial charge in [-0.1, -0.05) is 0 Å². The third-order valence-electron chi connectivity index (χ3n) is 3.40. The average molecular weight is 380 g/mol. The SMILES string of the molecule is COc1cc(OC)cc(C(=O)N/N=C\c2ccc(OC)c(OC(F)F)c2)c1. The smallest absolute Gasteiger partial charge is 0.387 e. The molecule has 2 aromatic rings. The van der Waals surface area contributed by atoms with Crippen LogP contribution in [0.2, 0.25) is 0 Å². The molecule has 0 aliphatic rings. The van der Waals surface area contributed by atoms with Crippen LogP contribution in [0.1, 0.15) is 15.9 Å². The Balaban J connectivity index is 2.12. The Bertz CT molecular complexity index is 805. The van der Waals surface area contributed by atoms with E-state index < -0.39 is 12.5 Å². The van der Waals surface area contributed by atoms with Gasteiger partial charge in [-0.3, -0.25) is 4.79 Å². The van der Waals surface area contributed by atoms with Gasteiger partial charge in [-0.15, -0.1) is 0 Å². The maximum Gasteiger partial charge on any atom is 0.387 e. The Hall–Kier alpha value is -3.36. The first-order valence-electron chi connectivity index (χ1n) is 7.66. The zero-order valence-electron chi connectivity index (χ0n) is 14.9. The van der Waals surface area contributed by atoms with E-state index in [0.717, 1.165) is 0 Å². The fraction of sp³-hybridized carbons (Fsp3) is 0.222. The number of ether oxygens (including phenoxy) is 4. The summed E-state index contributed by atoms with van der Waals surface area (Å²) in [5, 5.41) is 3.81. The van der Waals surface area contributed by atoms with E-state index in [-0.39, 0.29) is 17.1 Å². The number of alkyl halides is 2. The van der Waals surface area contributed by atoms with Crippen LogP contribution in [-0.4, -0.2) is 40.1 Å². The monoisotopic (exact) mass is 380 g/mol. The summed E-state index contributed by atoms with van der Waals surface area (Å²) < 4.78 is 44.4. The highest BCUT2D eigenvalue weighted by Gasteiger charge is 2.11. The van der Waals surface area contributed by atoms with Crippen molar-refractivity contribution in [2.75, 3.05) is 21.3 Å². The zero-order chi connectivity index (χ0) is 19.8. The second kappa shape index (κ2) is 9.37. The molecule has 0 bridgehead atoms. The van der Waals surface area contributed by atoms with E-state index in [9.17, 15) is 13.6 Å². The summed E-state index contributed by atoms with van der Waals surface area (Å²) in [7, 11) is 4.28. The van der Waals surface area contributed by atoms with Gasteiger partial charge < -0.3 is 18.9 Å². The van der Waals surface area contributed by atoms with Crippen LogP contribution in [0.4, 0.5) is 8.78 Å². The molecule has 144 valence electrons. The number of rotatable bonds is 8. The summed E-state index contributed by atoms with van der Waals surface area (Å²) in [6.45, 7) is -2.99. The van der Waals surface area contributed by atoms with Crippen molar-refractivity contribution in [3.63, 3.8) is 0 Å². The van der Waals surface area contributed by atoms with Crippen molar-refractivity contribution in [2.24, 2.45) is 5.10 Å². The maximum absolute atomic E-state index is 12.4. The minimum atomic E-state index is -2.99. The summed E-state index contributed by atoms with van der Waals surface area (Å²) in [6.07, 6.45) is 1.28. The average Bonchev–Trinajstić information content (AvgIpc) is 2.67. The van der Waals surface area contributed by atoms with Crippen molar-refractivity contribution in [3.8, 4) is 23.0 Å². The molecule has 0 atom stereocenters. The van der Waals surface area contributed by atoms with Gasteiger partial charge in [-0.05, 0) is 35.9 Å². The third-order valence-corrected chi connectivity index (χ3v) is 3.40. The fourth-order valence-electron chi connectivity index (χ4n) is 2.13. The number of hydrogen-bond acceptors (Lipinski definition) is 6. The molecule has 0 fully saturated rings. The quantitative estimate of drug-likeness (QED) is 0.563. The molecule has 9 heteroatoms. The number of halogens is 2. The minimum Gasteiger partial charge on any atom is -0.497 e. The topological polar surface area (TPSA) is 78.4 Å². The number of nitrogens with one attached hydrogen (secondary N) is 1. The number of benzene rings is 2. The molecule has 2 aromatic carbocycles. The highest BCUT2D eigenvalue weighted by atomic mass is 19.3. The van der Waals surface area contributed by atoms with Gasteiger partial charge in [0, 0.05) is 11.6 Å². The van der Waals surface area contributed by atoms with Crippen LogP contribution >= 0.6 is 0 Å². The minimum absolute atomic E-state index is 0.139. The highest BCUT2D eigenvalue weighted by molar-refractivity contribution is 5.95. The van der Waals surface area contributed by atoms with Crippen LogP contribution in [0, 0.1) is 0 Å². The van der Waals surface area contributed by atoms with Crippen LogP contribution in [0.25, 0.3) is 0 Å². The fourth-order valence-corrected chi connectivity index (χ4v) is 2.13. The van der Waals surface area contributed by atoms with Gasteiger partial charge in [-0.25, -0.2) is 5.43 Å². The lowest BCUT2D eigenvalue weighted by atomic mass is 10.2. The summed E-state index contributed by atoms with van der Waals surface area (Å²) in [5.74, 6) is 0.418. The van der Waals surface area contributed by atoms with E-state index in [1.54, 1.807) is 12.1 Å². The zero-order valence-corrected chi connectivity index (χ0v) is 14.9. The van der Waals surface area contributed by atoms with Gasteiger partial charge in [0.05, 0.1) is 27.5 Å². The number of hydrogen-bond donors (Lipinski definition) is 1. The summed E-state index contributed by atoms with van der Waals surface area (Å²) in [4.78, 5) is 12.2. The highest BCUT2D eigenvalue weighted by Crippen LogP contribution is 2.29. The van der Waals surface area contributed by atoms with Gasteiger partial charge in [0.25, 0.3) is 5.91 Å². The van der Waals surface area contributed by atoms with Gasteiger partial charge in [-0.2, -0.15) is 13.9 Å². The van der Waals surface area contributed by atoms with Crippen molar-refractivity contribution in [1.82, 2.24) is 5.43 Å². The molecule has 0 aromatic heterocycles. The number of carbonyl (C=O) groups excluding carboxylic acids is 1. The summed E-state index contributed by atoms with van der Waals surface area (Å²) in [6, 6.07) is 9.01. The van der Waals surface area contributed by atoms with Gasteiger partial charge in [0.1, 0.15) is 11.5 Å². The lowest BCUT2D eigenvalue weighted by molar-refractivity contribution is -0.0512.